The molecule has 1 aliphatic carbocycles. The lowest BCUT2D eigenvalue weighted by Crippen LogP contribution is -2.22. The van der Waals surface area contributed by atoms with E-state index in [0.717, 1.165) is 35.3 Å². The molecule has 1 aliphatic heterocycles. The summed E-state index contributed by atoms with van der Waals surface area (Å²) < 4.78 is 25.5. The van der Waals surface area contributed by atoms with Gasteiger partial charge in [0.1, 0.15) is 11.2 Å². The lowest BCUT2D eigenvalue weighted by atomic mass is 9.99. The summed E-state index contributed by atoms with van der Waals surface area (Å²) in [5.41, 5.74) is 4.20. The summed E-state index contributed by atoms with van der Waals surface area (Å²) in [6.07, 6.45) is 3.64. The van der Waals surface area contributed by atoms with E-state index in [2.05, 4.69) is 30.7 Å². The number of aromatic nitrogens is 5. The molecule has 0 saturated heterocycles. The molecule has 3 aromatic heterocycles. The van der Waals surface area contributed by atoms with Crippen molar-refractivity contribution in [3.63, 3.8) is 0 Å². The average molecular weight is 448 g/mol. The number of hydrogen-bond donors (Lipinski definition) is 3. The number of aryl methyl sites for hydroxylation is 2. The van der Waals surface area contributed by atoms with E-state index in [1.807, 2.05) is 38.5 Å². The summed E-state index contributed by atoms with van der Waals surface area (Å²) in [5, 5.41) is 13.4. The van der Waals surface area contributed by atoms with E-state index in [9.17, 15) is 9.59 Å². The molecule has 2 aliphatic rings. The van der Waals surface area contributed by atoms with E-state index < -0.39 is 12.5 Å². The number of hydrogen-bond acceptors (Lipinski definition) is 6. The van der Waals surface area contributed by atoms with Gasteiger partial charge in [0.2, 0.25) is 5.91 Å². The SMILES string of the molecule is [2H]C([2H])([2H])n1[nH]c2nc(NC(=O)C3CC3)cc(Nc3cccc4c3N(C)Cc3cn(C)nc3-4)c2c1=O. The molecule has 4 heterocycles. The minimum absolute atomic E-state index is 0.0488. The lowest BCUT2D eigenvalue weighted by Gasteiger charge is -2.29. The van der Waals surface area contributed by atoms with Gasteiger partial charge in [-0.25, -0.2) is 4.98 Å². The number of carbonyl (C=O) groups excluding carboxylic acids is 1. The fourth-order valence-corrected chi connectivity index (χ4v) is 4.45. The van der Waals surface area contributed by atoms with E-state index in [1.165, 1.54) is 0 Å². The van der Waals surface area contributed by atoms with E-state index in [-0.39, 0.29) is 28.7 Å². The molecule has 1 aromatic carbocycles. The smallest absolute Gasteiger partial charge is 0.277 e. The molecular weight excluding hydrogens is 420 g/mol. The molecule has 0 unspecified atom stereocenters. The highest BCUT2D eigenvalue weighted by Gasteiger charge is 2.30. The zero-order valence-electron chi connectivity index (χ0n) is 21.1. The minimum atomic E-state index is -2.71. The second-order valence-corrected chi connectivity index (χ2v) is 8.65. The number of carbonyl (C=O) groups is 1. The van der Waals surface area contributed by atoms with Gasteiger partial charge < -0.3 is 15.5 Å². The fraction of sp³-hybridized carbons (Fsp3) is 0.304. The van der Waals surface area contributed by atoms with Crippen LogP contribution in [0.25, 0.3) is 22.3 Å². The Hall–Kier alpha value is -4.08. The van der Waals surface area contributed by atoms with E-state index >= 15 is 0 Å². The minimum Gasteiger partial charge on any atom is -0.368 e. The Morgan fingerprint density at radius 3 is 2.91 bits per heavy atom. The zero-order valence-corrected chi connectivity index (χ0v) is 18.1. The van der Waals surface area contributed by atoms with Crippen LogP contribution in [0.4, 0.5) is 22.9 Å². The Kier molecular flexibility index (Phi) is 3.49. The molecule has 1 amide bonds. The summed E-state index contributed by atoms with van der Waals surface area (Å²) in [6.45, 7) is -2.06. The first-order valence-electron chi connectivity index (χ1n) is 12.2. The third-order valence-electron chi connectivity index (χ3n) is 6.11. The predicted octanol–water partition coefficient (Wildman–Crippen LogP) is 2.70. The summed E-state index contributed by atoms with van der Waals surface area (Å²) in [6, 6.07) is 7.33. The molecule has 3 N–H and O–H groups in total. The van der Waals surface area contributed by atoms with Crippen molar-refractivity contribution in [2.24, 2.45) is 19.9 Å². The molecule has 1 fully saturated rings. The van der Waals surface area contributed by atoms with Gasteiger partial charge in [0.15, 0.2) is 5.65 Å². The molecule has 10 heteroatoms. The van der Waals surface area contributed by atoms with Crippen molar-refractivity contribution >= 4 is 39.8 Å². The van der Waals surface area contributed by atoms with E-state index in [0.29, 0.717) is 22.6 Å². The number of H-pyrrole nitrogens is 1. The Morgan fingerprint density at radius 2 is 2.12 bits per heavy atom. The predicted molar refractivity (Wildman–Crippen MR) is 127 cm³/mol. The number of benzene rings is 1. The number of nitrogens with one attached hydrogen (secondary N) is 3. The topological polar surface area (TPSA) is 113 Å². The summed E-state index contributed by atoms with van der Waals surface area (Å²) >= 11 is 0. The number of rotatable bonds is 4. The molecule has 33 heavy (non-hydrogen) atoms. The van der Waals surface area contributed by atoms with Crippen LogP contribution in [-0.4, -0.2) is 37.5 Å². The van der Waals surface area contributed by atoms with E-state index in [1.54, 1.807) is 10.7 Å². The molecular formula is C23H24N8O2. The van der Waals surface area contributed by atoms with Crippen molar-refractivity contribution in [1.29, 1.82) is 0 Å². The Bertz CT molecular complexity index is 1600. The second kappa shape index (κ2) is 6.96. The third-order valence-corrected chi connectivity index (χ3v) is 6.11. The normalized spacial score (nSPS) is 16.5. The van der Waals surface area contributed by atoms with Crippen molar-refractivity contribution in [3.8, 4) is 11.3 Å². The van der Waals surface area contributed by atoms with Crippen LogP contribution < -0.4 is 21.1 Å². The van der Waals surface area contributed by atoms with Crippen molar-refractivity contribution < 1.29 is 8.91 Å². The van der Waals surface area contributed by atoms with Crippen molar-refractivity contribution in [2.75, 3.05) is 22.6 Å². The van der Waals surface area contributed by atoms with Gasteiger partial charge in [-0.2, -0.15) is 5.10 Å². The molecule has 4 aromatic rings. The Morgan fingerprint density at radius 1 is 1.27 bits per heavy atom. The van der Waals surface area contributed by atoms with Crippen molar-refractivity contribution in [2.45, 2.75) is 19.4 Å². The van der Waals surface area contributed by atoms with Gasteiger partial charge in [-0.1, -0.05) is 12.1 Å². The van der Waals surface area contributed by atoms with Crippen LogP contribution in [0.5, 0.6) is 0 Å². The van der Waals surface area contributed by atoms with Gasteiger partial charge in [0.25, 0.3) is 5.56 Å². The number of para-hydroxylation sites is 1. The molecule has 0 bridgehead atoms. The van der Waals surface area contributed by atoms with Crippen LogP contribution in [-0.2, 0) is 25.4 Å². The number of fused-ring (bicyclic) bond motifs is 4. The number of aromatic amines is 1. The van der Waals surface area contributed by atoms with Gasteiger partial charge in [-0.15, -0.1) is 0 Å². The van der Waals surface area contributed by atoms with Crippen molar-refractivity contribution in [3.05, 3.63) is 46.4 Å². The monoisotopic (exact) mass is 447 g/mol. The number of pyridine rings is 1. The molecule has 1 saturated carbocycles. The molecule has 0 radical (unpaired) electrons. The van der Waals surface area contributed by atoms with Crippen LogP contribution in [0.2, 0.25) is 0 Å². The Labute approximate surface area is 193 Å². The molecule has 6 rings (SSSR count). The standard InChI is InChI=1S/C23H24N8O2/c1-29-10-13-11-30(2)27-19(13)14-5-4-6-15(20(14)29)24-16-9-17(26-22(32)12-7-8-12)25-21-18(16)23(33)31(3)28-21/h4-6,9,11-12H,7-8,10H2,1-3H3,(H3,24,25,26,28,32)/i3D3. The highest BCUT2D eigenvalue weighted by molar-refractivity contribution is 5.99. The van der Waals surface area contributed by atoms with Crippen LogP contribution in [0.3, 0.4) is 0 Å². The highest BCUT2D eigenvalue weighted by atomic mass is 16.2. The second-order valence-electron chi connectivity index (χ2n) is 8.65. The first-order chi connectivity index (χ1) is 17.1. The van der Waals surface area contributed by atoms with Crippen LogP contribution in [0.1, 0.15) is 22.5 Å². The number of amides is 1. The maximum absolute atomic E-state index is 13.1. The van der Waals surface area contributed by atoms with Gasteiger partial charge in [-0.3, -0.25) is 24.1 Å². The zero-order chi connectivity index (χ0) is 25.4. The maximum atomic E-state index is 13.1. The van der Waals surface area contributed by atoms with Crippen LogP contribution >= 0.6 is 0 Å². The van der Waals surface area contributed by atoms with Crippen LogP contribution in [0.15, 0.2) is 35.3 Å². The highest BCUT2D eigenvalue weighted by Crippen LogP contribution is 2.43. The first-order valence-corrected chi connectivity index (χ1v) is 10.7. The summed E-state index contributed by atoms with van der Waals surface area (Å²) in [5.74, 6) is 0.0307. The fourth-order valence-electron chi connectivity index (χ4n) is 4.45. The quantitative estimate of drug-likeness (QED) is 0.443. The average Bonchev–Trinajstić information content (AvgIpc) is 3.50. The number of nitrogens with zero attached hydrogens (tertiary/aromatic N) is 5. The first kappa shape index (κ1) is 16.5. The largest absolute Gasteiger partial charge is 0.368 e. The molecule has 168 valence electrons. The van der Waals surface area contributed by atoms with Gasteiger partial charge in [0.05, 0.1) is 22.8 Å². The molecule has 10 nitrogen and oxygen atoms in total. The molecule has 0 atom stereocenters. The van der Waals surface area contributed by atoms with Crippen molar-refractivity contribution in [1.82, 2.24) is 24.5 Å². The third kappa shape index (κ3) is 3.17. The van der Waals surface area contributed by atoms with Gasteiger partial charge in [-0.05, 0) is 18.9 Å². The number of anilines is 4. The summed E-state index contributed by atoms with van der Waals surface area (Å²) in [4.78, 5) is 32.0. The maximum Gasteiger partial charge on any atom is 0.277 e. The van der Waals surface area contributed by atoms with Gasteiger partial charge in [0, 0.05) is 61.0 Å². The summed E-state index contributed by atoms with van der Waals surface area (Å²) in [7, 11) is 3.86. The Balaban J connectivity index is 1.50. The van der Waals surface area contributed by atoms with Crippen LogP contribution in [0, 0.1) is 5.92 Å². The molecule has 0 spiro atoms. The van der Waals surface area contributed by atoms with Gasteiger partial charge >= 0.3 is 0 Å². The lowest BCUT2D eigenvalue weighted by molar-refractivity contribution is -0.117. The van der Waals surface area contributed by atoms with E-state index in [4.69, 9.17) is 4.11 Å².